The predicted octanol–water partition coefficient (Wildman–Crippen LogP) is 3.30. The van der Waals surface area contributed by atoms with Gasteiger partial charge in [-0.25, -0.2) is 0 Å². The highest BCUT2D eigenvalue weighted by Gasteiger charge is 2.20. The quantitative estimate of drug-likeness (QED) is 0.817. The lowest BCUT2D eigenvalue weighted by Gasteiger charge is -2.14. The Morgan fingerprint density at radius 1 is 1.20 bits per heavy atom. The Morgan fingerprint density at radius 3 is 2.47 bits per heavy atom. The van der Waals surface area contributed by atoms with Gasteiger partial charge >= 0.3 is 0 Å². The molecule has 2 nitrogen and oxygen atoms in total. The van der Waals surface area contributed by atoms with Crippen molar-refractivity contribution in [3.8, 4) is 5.75 Å². The molecule has 0 radical (unpaired) electrons. The van der Waals surface area contributed by atoms with Gasteiger partial charge in [-0.15, -0.1) is 0 Å². The van der Waals surface area contributed by atoms with Gasteiger partial charge in [0.15, 0.2) is 0 Å². The van der Waals surface area contributed by atoms with E-state index in [-0.39, 0.29) is 0 Å². The summed E-state index contributed by atoms with van der Waals surface area (Å²) >= 11 is 0. The van der Waals surface area contributed by atoms with Gasteiger partial charge in [0.2, 0.25) is 0 Å². The molecule has 0 amide bonds. The van der Waals surface area contributed by atoms with Crippen LogP contribution >= 0.6 is 0 Å². The van der Waals surface area contributed by atoms with E-state index in [1.165, 1.54) is 24.9 Å². The SMILES string of the molecule is COc1ccc(N[C@@H]2CC[C@@H](C)C2)cc1. The van der Waals surface area contributed by atoms with Crippen molar-refractivity contribution < 1.29 is 4.74 Å². The summed E-state index contributed by atoms with van der Waals surface area (Å²) in [6.07, 6.45) is 3.95. The minimum Gasteiger partial charge on any atom is -0.497 e. The number of methoxy groups -OCH3 is 1. The van der Waals surface area contributed by atoms with Crippen molar-refractivity contribution in [3.05, 3.63) is 24.3 Å². The molecule has 1 aliphatic carbocycles. The standard InChI is InChI=1S/C13H19NO/c1-10-3-4-12(9-10)14-11-5-7-13(15-2)8-6-11/h5-8,10,12,14H,3-4,9H2,1-2H3/t10-,12-/m1/s1. The normalized spacial score (nSPS) is 25.2. The number of benzene rings is 1. The maximum absolute atomic E-state index is 5.13. The minimum absolute atomic E-state index is 0.661. The predicted molar refractivity (Wildman–Crippen MR) is 63.4 cm³/mol. The number of ether oxygens (including phenoxy) is 1. The zero-order valence-corrected chi connectivity index (χ0v) is 9.49. The van der Waals surface area contributed by atoms with E-state index < -0.39 is 0 Å². The second-order valence-electron chi connectivity index (χ2n) is 4.49. The highest BCUT2D eigenvalue weighted by Crippen LogP contribution is 2.27. The molecule has 1 aromatic carbocycles. The molecule has 0 heterocycles. The third kappa shape index (κ3) is 2.65. The Kier molecular flexibility index (Phi) is 3.14. The average Bonchev–Trinajstić information content (AvgIpc) is 2.65. The molecule has 0 aliphatic heterocycles. The fourth-order valence-corrected chi connectivity index (χ4v) is 2.26. The van der Waals surface area contributed by atoms with Crippen LogP contribution in [-0.4, -0.2) is 13.2 Å². The third-order valence-corrected chi connectivity index (χ3v) is 3.16. The van der Waals surface area contributed by atoms with E-state index in [2.05, 4.69) is 24.4 Å². The highest BCUT2D eigenvalue weighted by molar-refractivity contribution is 5.47. The second kappa shape index (κ2) is 4.56. The van der Waals surface area contributed by atoms with E-state index in [1.807, 2.05) is 12.1 Å². The van der Waals surface area contributed by atoms with Gasteiger partial charge in [-0.3, -0.25) is 0 Å². The largest absolute Gasteiger partial charge is 0.497 e. The van der Waals surface area contributed by atoms with Crippen molar-refractivity contribution in [2.24, 2.45) is 5.92 Å². The molecule has 0 saturated heterocycles. The van der Waals surface area contributed by atoms with Gasteiger partial charge < -0.3 is 10.1 Å². The summed E-state index contributed by atoms with van der Waals surface area (Å²) in [5.74, 6) is 1.79. The molecule has 15 heavy (non-hydrogen) atoms. The summed E-state index contributed by atoms with van der Waals surface area (Å²) in [6.45, 7) is 2.33. The monoisotopic (exact) mass is 205 g/mol. The molecule has 2 atom stereocenters. The van der Waals surface area contributed by atoms with Crippen LogP contribution in [0.1, 0.15) is 26.2 Å². The molecule has 2 rings (SSSR count). The summed E-state index contributed by atoms with van der Waals surface area (Å²) < 4.78 is 5.13. The molecule has 1 fully saturated rings. The average molecular weight is 205 g/mol. The summed E-state index contributed by atoms with van der Waals surface area (Å²) in [5.41, 5.74) is 1.20. The van der Waals surface area contributed by atoms with Gasteiger partial charge in [0.05, 0.1) is 7.11 Å². The molecular formula is C13H19NO. The van der Waals surface area contributed by atoms with Crippen LogP contribution < -0.4 is 10.1 Å². The molecule has 82 valence electrons. The Bertz CT molecular complexity index is 307. The highest BCUT2D eigenvalue weighted by atomic mass is 16.5. The van der Waals surface area contributed by atoms with Crippen molar-refractivity contribution in [2.45, 2.75) is 32.2 Å². The van der Waals surface area contributed by atoms with Crippen molar-refractivity contribution in [1.29, 1.82) is 0 Å². The van der Waals surface area contributed by atoms with Crippen LogP contribution in [0, 0.1) is 5.92 Å². The van der Waals surface area contributed by atoms with Gasteiger partial charge in [0.1, 0.15) is 5.75 Å². The van der Waals surface area contributed by atoms with Gasteiger partial charge in [0.25, 0.3) is 0 Å². The fourth-order valence-electron chi connectivity index (χ4n) is 2.26. The van der Waals surface area contributed by atoms with Crippen molar-refractivity contribution in [1.82, 2.24) is 0 Å². The Hall–Kier alpha value is -1.18. The molecule has 1 saturated carbocycles. The lowest BCUT2D eigenvalue weighted by Crippen LogP contribution is -2.14. The first-order chi connectivity index (χ1) is 7.28. The lowest BCUT2D eigenvalue weighted by atomic mass is 10.1. The summed E-state index contributed by atoms with van der Waals surface area (Å²) in [6, 6.07) is 8.83. The second-order valence-corrected chi connectivity index (χ2v) is 4.49. The van der Waals surface area contributed by atoms with Crippen molar-refractivity contribution in [3.63, 3.8) is 0 Å². The first kappa shape index (κ1) is 10.3. The Labute approximate surface area is 91.6 Å². The van der Waals surface area contributed by atoms with Gasteiger partial charge in [0, 0.05) is 11.7 Å². The van der Waals surface area contributed by atoms with Crippen LogP contribution in [0.25, 0.3) is 0 Å². The van der Waals surface area contributed by atoms with Gasteiger partial charge in [-0.05, 0) is 49.4 Å². The van der Waals surface area contributed by atoms with E-state index >= 15 is 0 Å². The van der Waals surface area contributed by atoms with Crippen LogP contribution in [0.3, 0.4) is 0 Å². The fraction of sp³-hybridized carbons (Fsp3) is 0.538. The lowest BCUT2D eigenvalue weighted by molar-refractivity contribution is 0.415. The summed E-state index contributed by atoms with van der Waals surface area (Å²) in [7, 11) is 1.70. The van der Waals surface area contributed by atoms with Gasteiger partial charge in [-0.2, -0.15) is 0 Å². The maximum Gasteiger partial charge on any atom is 0.119 e. The van der Waals surface area contributed by atoms with Crippen LogP contribution in [-0.2, 0) is 0 Å². The van der Waals surface area contributed by atoms with Gasteiger partial charge in [-0.1, -0.05) is 6.92 Å². The minimum atomic E-state index is 0.661. The zero-order chi connectivity index (χ0) is 10.7. The smallest absolute Gasteiger partial charge is 0.119 e. The molecule has 1 aliphatic rings. The van der Waals surface area contributed by atoms with Crippen molar-refractivity contribution >= 4 is 5.69 Å². The summed E-state index contributed by atoms with van der Waals surface area (Å²) in [4.78, 5) is 0. The first-order valence-corrected chi connectivity index (χ1v) is 5.68. The molecule has 0 unspecified atom stereocenters. The van der Waals surface area contributed by atoms with Crippen molar-refractivity contribution in [2.75, 3.05) is 12.4 Å². The number of hydrogen-bond donors (Lipinski definition) is 1. The van der Waals surface area contributed by atoms with E-state index in [9.17, 15) is 0 Å². The Balaban J connectivity index is 1.93. The van der Waals surface area contributed by atoms with Crippen LogP contribution in [0.15, 0.2) is 24.3 Å². The molecule has 1 N–H and O–H groups in total. The first-order valence-electron chi connectivity index (χ1n) is 5.68. The number of nitrogens with one attached hydrogen (secondary N) is 1. The topological polar surface area (TPSA) is 21.3 Å². The Morgan fingerprint density at radius 2 is 1.93 bits per heavy atom. The molecule has 0 spiro atoms. The zero-order valence-electron chi connectivity index (χ0n) is 9.49. The summed E-state index contributed by atoms with van der Waals surface area (Å²) in [5, 5.41) is 3.57. The third-order valence-electron chi connectivity index (χ3n) is 3.16. The van der Waals surface area contributed by atoms with E-state index in [0.29, 0.717) is 6.04 Å². The number of rotatable bonds is 3. The molecule has 1 aromatic rings. The van der Waals surface area contributed by atoms with Crippen LogP contribution in [0.5, 0.6) is 5.75 Å². The molecule has 0 bridgehead atoms. The maximum atomic E-state index is 5.13. The van der Waals surface area contributed by atoms with Crippen LogP contribution in [0.4, 0.5) is 5.69 Å². The molecule has 0 aromatic heterocycles. The molecule has 2 heteroatoms. The molecular weight excluding hydrogens is 186 g/mol. The number of anilines is 1. The number of hydrogen-bond acceptors (Lipinski definition) is 2. The van der Waals surface area contributed by atoms with E-state index in [1.54, 1.807) is 7.11 Å². The van der Waals surface area contributed by atoms with Crippen LogP contribution in [0.2, 0.25) is 0 Å². The van der Waals surface area contributed by atoms with E-state index in [0.717, 1.165) is 11.7 Å². The van der Waals surface area contributed by atoms with E-state index in [4.69, 9.17) is 4.74 Å².